The average molecular weight is 281 g/mol. The van der Waals surface area contributed by atoms with Gasteiger partial charge in [0.2, 0.25) is 5.91 Å². The highest BCUT2D eigenvalue weighted by Crippen LogP contribution is 2.14. The summed E-state index contributed by atoms with van der Waals surface area (Å²) < 4.78 is 5.01. The molecule has 0 saturated carbocycles. The molecule has 1 unspecified atom stereocenters. The third-order valence-corrected chi connectivity index (χ3v) is 3.62. The lowest BCUT2D eigenvalue weighted by Gasteiger charge is -2.31. The SMILES string of the molecule is Cc1cc(CC(=O)NCCN2CCCC(CO)C2)on1. The number of aliphatic hydroxyl groups excluding tert-OH is 1. The minimum absolute atomic E-state index is 0.0446. The fourth-order valence-electron chi connectivity index (χ4n) is 2.58. The summed E-state index contributed by atoms with van der Waals surface area (Å²) in [4.78, 5) is 14.0. The average Bonchev–Trinajstić information content (AvgIpc) is 2.84. The maximum absolute atomic E-state index is 11.7. The van der Waals surface area contributed by atoms with Crippen molar-refractivity contribution in [3.63, 3.8) is 0 Å². The molecule has 1 aliphatic heterocycles. The summed E-state index contributed by atoms with van der Waals surface area (Å²) in [5.74, 6) is 0.937. The Morgan fingerprint density at radius 3 is 3.20 bits per heavy atom. The van der Waals surface area contributed by atoms with Gasteiger partial charge in [-0.25, -0.2) is 0 Å². The van der Waals surface area contributed by atoms with Crippen molar-refractivity contribution < 1.29 is 14.4 Å². The van der Waals surface area contributed by atoms with E-state index in [9.17, 15) is 9.90 Å². The van der Waals surface area contributed by atoms with Crippen LogP contribution in [0, 0.1) is 12.8 Å². The number of piperidine rings is 1. The Balaban J connectivity index is 1.64. The van der Waals surface area contributed by atoms with E-state index in [0.29, 0.717) is 18.2 Å². The zero-order valence-corrected chi connectivity index (χ0v) is 12.0. The molecule has 1 aromatic heterocycles. The second-order valence-corrected chi connectivity index (χ2v) is 5.45. The van der Waals surface area contributed by atoms with Gasteiger partial charge < -0.3 is 19.8 Å². The molecule has 2 heterocycles. The van der Waals surface area contributed by atoms with Crippen LogP contribution in [0.3, 0.4) is 0 Å². The molecular weight excluding hydrogens is 258 g/mol. The summed E-state index contributed by atoms with van der Waals surface area (Å²) >= 11 is 0. The number of nitrogens with one attached hydrogen (secondary N) is 1. The molecule has 0 radical (unpaired) electrons. The minimum Gasteiger partial charge on any atom is -0.396 e. The van der Waals surface area contributed by atoms with E-state index < -0.39 is 0 Å². The van der Waals surface area contributed by atoms with Crippen molar-refractivity contribution in [3.05, 3.63) is 17.5 Å². The summed E-state index contributed by atoms with van der Waals surface area (Å²) in [6.07, 6.45) is 2.46. The Hall–Kier alpha value is -1.40. The van der Waals surface area contributed by atoms with E-state index in [2.05, 4.69) is 15.4 Å². The van der Waals surface area contributed by atoms with Crippen molar-refractivity contribution in [2.75, 3.05) is 32.8 Å². The predicted octanol–water partition coefficient (Wildman–Crippen LogP) is 0.346. The number of aromatic nitrogens is 1. The third-order valence-electron chi connectivity index (χ3n) is 3.62. The van der Waals surface area contributed by atoms with Crippen LogP contribution in [0.5, 0.6) is 0 Å². The van der Waals surface area contributed by atoms with Crippen LogP contribution in [0.1, 0.15) is 24.3 Å². The Bertz CT molecular complexity index is 433. The standard InChI is InChI=1S/C14H23N3O3/c1-11-7-13(20-16-11)8-14(19)15-4-6-17-5-2-3-12(9-17)10-18/h7,12,18H,2-6,8-10H2,1H3,(H,15,19). The van der Waals surface area contributed by atoms with Crippen LogP contribution in [-0.4, -0.2) is 53.9 Å². The summed E-state index contributed by atoms with van der Waals surface area (Å²) in [6.45, 7) is 5.52. The van der Waals surface area contributed by atoms with Crippen molar-refractivity contribution in [1.29, 1.82) is 0 Å². The number of hydrogen-bond acceptors (Lipinski definition) is 5. The van der Waals surface area contributed by atoms with Gasteiger partial charge in [-0.1, -0.05) is 5.16 Å². The second kappa shape index (κ2) is 7.40. The molecule has 1 aliphatic rings. The first-order chi connectivity index (χ1) is 9.67. The number of carbonyl (C=O) groups excluding carboxylic acids is 1. The lowest BCUT2D eigenvalue weighted by molar-refractivity contribution is -0.120. The first-order valence-corrected chi connectivity index (χ1v) is 7.19. The topological polar surface area (TPSA) is 78.6 Å². The van der Waals surface area contributed by atoms with Crippen LogP contribution in [0.15, 0.2) is 10.6 Å². The Morgan fingerprint density at radius 1 is 1.65 bits per heavy atom. The zero-order chi connectivity index (χ0) is 14.4. The molecule has 112 valence electrons. The largest absolute Gasteiger partial charge is 0.396 e. The van der Waals surface area contributed by atoms with Crippen LogP contribution in [0.25, 0.3) is 0 Å². The number of amides is 1. The number of likely N-dealkylation sites (tertiary alicyclic amines) is 1. The van der Waals surface area contributed by atoms with Crippen LogP contribution in [0.2, 0.25) is 0 Å². The summed E-state index contributed by atoms with van der Waals surface area (Å²) in [5.41, 5.74) is 0.788. The van der Waals surface area contributed by atoms with Gasteiger partial charge in [0.05, 0.1) is 12.1 Å². The second-order valence-electron chi connectivity index (χ2n) is 5.45. The monoisotopic (exact) mass is 281 g/mol. The maximum atomic E-state index is 11.7. The van der Waals surface area contributed by atoms with Gasteiger partial charge in [0.25, 0.3) is 0 Å². The first kappa shape index (κ1) is 15.0. The van der Waals surface area contributed by atoms with Gasteiger partial charge in [0.15, 0.2) is 0 Å². The highest BCUT2D eigenvalue weighted by atomic mass is 16.5. The van der Waals surface area contributed by atoms with Crippen molar-refractivity contribution >= 4 is 5.91 Å². The number of aliphatic hydroxyl groups is 1. The van der Waals surface area contributed by atoms with Crippen LogP contribution in [-0.2, 0) is 11.2 Å². The van der Waals surface area contributed by atoms with E-state index in [4.69, 9.17) is 4.52 Å². The predicted molar refractivity (Wildman–Crippen MR) is 74.2 cm³/mol. The van der Waals surface area contributed by atoms with E-state index in [1.807, 2.05) is 6.92 Å². The molecule has 0 aliphatic carbocycles. The van der Waals surface area contributed by atoms with Crippen molar-refractivity contribution in [1.82, 2.24) is 15.4 Å². The molecule has 6 nitrogen and oxygen atoms in total. The van der Waals surface area contributed by atoms with Gasteiger partial charge in [-0.05, 0) is 32.2 Å². The van der Waals surface area contributed by atoms with Crippen molar-refractivity contribution in [2.45, 2.75) is 26.2 Å². The van der Waals surface area contributed by atoms with E-state index in [0.717, 1.165) is 38.2 Å². The van der Waals surface area contributed by atoms with Crippen LogP contribution >= 0.6 is 0 Å². The minimum atomic E-state index is -0.0446. The van der Waals surface area contributed by atoms with Gasteiger partial charge in [-0.3, -0.25) is 4.79 Å². The van der Waals surface area contributed by atoms with Crippen LogP contribution in [0.4, 0.5) is 0 Å². The fourth-order valence-corrected chi connectivity index (χ4v) is 2.58. The molecule has 20 heavy (non-hydrogen) atoms. The summed E-state index contributed by atoms with van der Waals surface area (Å²) in [6, 6.07) is 1.77. The molecule has 1 amide bonds. The Labute approximate surface area is 119 Å². The first-order valence-electron chi connectivity index (χ1n) is 7.19. The fraction of sp³-hybridized carbons (Fsp3) is 0.714. The van der Waals surface area contributed by atoms with Gasteiger partial charge >= 0.3 is 0 Å². The van der Waals surface area contributed by atoms with Crippen molar-refractivity contribution in [3.8, 4) is 0 Å². The molecule has 0 aromatic carbocycles. The van der Waals surface area contributed by atoms with Gasteiger partial charge in [0, 0.05) is 32.3 Å². The summed E-state index contributed by atoms with van der Waals surface area (Å²) in [5, 5.41) is 15.8. The van der Waals surface area contributed by atoms with E-state index >= 15 is 0 Å². The number of hydrogen-bond donors (Lipinski definition) is 2. The molecule has 6 heteroatoms. The molecule has 1 fully saturated rings. The molecule has 1 atom stereocenters. The molecule has 2 rings (SSSR count). The van der Waals surface area contributed by atoms with E-state index in [1.165, 1.54) is 0 Å². The highest BCUT2D eigenvalue weighted by Gasteiger charge is 2.18. The van der Waals surface area contributed by atoms with E-state index in [-0.39, 0.29) is 18.9 Å². The number of nitrogens with zero attached hydrogens (tertiary/aromatic N) is 2. The lowest BCUT2D eigenvalue weighted by Crippen LogP contribution is -2.41. The number of rotatable bonds is 6. The van der Waals surface area contributed by atoms with Gasteiger partial charge in [-0.15, -0.1) is 0 Å². The van der Waals surface area contributed by atoms with Crippen molar-refractivity contribution in [2.24, 2.45) is 5.92 Å². The molecule has 0 spiro atoms. The molecular formula is C14H23N3O3. The Morgan fingerprint density at radius 2 is 2.50 bits per heavy atom. The molecule has 1 saturated heterocycles. The zero-order valence-electron chi connectivity index (χ0n) is 12.0. The Kier molecular flexibility index (Phi) is 5.55. The van der Waals surface area contributed by atoms with Crippen LogP contribution < -0.4 is 5.32 Å². The van der Waals surface area contributed by atoms with Gasteiger partial charge in [-0.2, -0.15) is 0 Å². The third kappa shape index (κ3) is 4.61. The lowest BCUT2D eigenvalue weighted by atomic mass is 9.99. The highest BCUT2D eigenvalue weighted by molar-refractivity contribution is 5.77. The van der Waals surface area contributed by atoms with E-state index in [1.54, 1.807) is 6.07 Å². The smallest absolute Gasteiger partial charge is 0.227 e. The number of aryl methyl sites for hydroxylation is 1. The molecule has 0 bridgehead atoms. The normalized spacial score (nSPS) is 20.0. The maximum Gasteiger partial charge on any atom is 0.227 e. The molecule has 1 aromatic rings. The quantitative estimate of drug-likeness (QED) is 0.786. The molecule has 2 N–H and O–H groups in total. The number of carbonyl (C=O) groups is 1. The summed E-state index contributed by atoms with van der Waals surface area (Å²) in [7, 11) is 0. The van der Waals surface area contributed by atoms with Gasteiger partial charge in [0.1, 0.15) is 5.76 Å².